The minimum absolute atomic E-state index is 0.356. The van der Waals surface area contributed by atoms with Crippen LogP contribution in [0.5, 0.6) is 0 Å². The van der Waals surface area contributed by atoms with Crippen LogP contribution in [0.1, 0.15) is 5.69 Å². The van der Waals surface area contributed by atoms with Gasteiger partial charge in [0.05, 0.1) is 17.9 Å². The van der Waals surface area contributed by atoms with Gasteiger partial charge in [0.1, 0.15) is 10.8 Å². The molecule has 2 aromatic heterocycles. The van der Waals surface area contributed by atoms with Crippen molar-refractivity contribution in [1.29, 1.82) is 0 Å². The van der Waals surface area contributed by atoms with Crippen LogP contribution in [0.4, 0.5) is 10.1 Å². The van der Waals surface area contributed by atoms with E-state index in [1.54, 1.807) is 34.8 Å². The zero-order valence-corrected chi connectivity index (χ0v) is 12.7. The number of hydrogen-bond donors (Lipinski definition) is 1. The summed E-state index contributed by atoms with van der Waals surface area (Å²) in [7, 11) is 0. The number of nitrogens with one attached hydrogen (secondary N) is 1. The summed E-state index contributed by atoms with van der Waals surface area (Å²) in [6.07, 6.45) is 0. The quantitative estimate of drug-likeness (QED) is 0.706. The molecular weight excluding hydrogens is 315 g/mol. The van der Waals surface area contributed by atoms with Crippen molar-refractivity contribution in [2.45, 2.75) is 6.54 Å². The molecule has 2 nitrogen and oxygen atoms in total. The molecule has 102 valence electrons. The minimum atomic E-state index is -0.356. The molecule has 3 rings (SSSR count). The number of thiophene rings is 1. The van der Waals surface area contributed by atoms with Gasteiger partial charge in [-0.2, -0.15) is 11.3 Å². The summed E-state index contributed by atoms with van der Waals surface area (Å²) >= 11 is 8.95. The first kappa shape index (κ1) is 13.5. The first-order chi connectivity index (χ1) is 9.72. The van der Waals surface area contributed by atoms with E-state index in [0.29, 0.717) is 17.3 Å². The fraction of sp³-hybridized carbons (Fsp3) is 0.0714. The molecule has 1 aromatic carbocycles. The van der Waals surface area contributed by atoms with Crippen molar-refractivity contribution in [3.63, 3.8) is 0 Å². The average molecular weight is 325 g/mol. The lowest BCUT2D eigenvalue weighted by atomic mass is 10.3. The predicted octanol–water partition coefficient (Wildman–Crippen LogP) is 5.28. The van der Waals surface area contributed by atoms with Crippen molar-refractivity contribution >= 4 is 40.0 Å². The molecule has 20 heavy (non-hydrogen) atoms. The van der Waals surface area contributed by atoms with Gasteiger partial charge in [-0.15, -0.1) is 11.3 Å². The Labute approximate surface area is 128 Å². The molecule has 0 amide bonds. The first-order valence-corrected chi connectivity index (χ1v) is 8.08. The van der Waals surface area contributed by atoms with E-state index in [-0.39, 0.29) is 5.82 Å². The minimum Gasteiger partial charge on any atom is -0.377 e. The Morgan fingerprint density at radius 1 is 1.25 bits per heavy atom. The topological polar surface area (TPSA) is 24.9 Å². The normalized spacial score (nSPS) is 10.7. The van der Waals surface area contributed by atoms with Gasteiger partial charge in [-0.3, -0.25) is 0 Å². The lowest BCUT2D eigenvalue weighted by molar-refractivity contribution is 0.630. The number of halogens is 2. The van der Waals surface area contributed by atoms with E-state index in [4.69, 9.17) is 11.6 Å². The number of aromatic nitrogens is 1. The Morgan fingerprint density at radius 2 is 2.15 bits per heavy atom. The van der Waals surface area contributed by atoms with Gasteiger partial charge in [-0.05, 0) is 29.6 Å². The van der Waals surface area contributed by atoms with Crippen molar-refractivity contribution < 1.29 is 4.39 Å². The standard InChI is InChI=1S/C14H10ClFN2S2/c15-10-1-2-13(12(16)5-10)17-6-11-8-20-14(18-11)9-3-4-19-7-9/h1-5,7-8,17H,6H2. The third-order valence-electron chi connectivity index (χ3n) is 2.71. The molecule has 0 aliphatic rings. The molecule has 0 radical (unpaired) electrons. The van der Waals surface area contributed by atoms with Crippen LogP contribution in [0, 0.1) is 5.82 Å². The number of hydrogen-bond acceptors (Lipinski definition) is 4. The van der Waals surface area contributed by atoms with Gasteiger partial charge in [0.2, 0.25) is 0 Å². The highest BCUT2D eigenvalue weighted by Gasteiger charge is 2.06. The maximum atomic E-state index is 13.6. The number of thiazole rings is 1. The monoisotopic (exact) mass is 324 g/mol. The highest BCUT2D eigenvalue weighted by molar-refractivity contribution is 7.14. The lowest BCUT2D eigenvalue weighted by Crippen LogP contribution is -2.01. The lowest BCUT2D eigenvalue weighted by Gasteiger charge is -2.05. The van der Waals surface area contributed by atoms with Crippen LogP contribution in [-0.4, -0.2) is 4.98 Å². The van der Waals surface area contributed by atoms with Gasteiger partial charge in [-0.1, -0.05) is 11.6 Å². The summed E-state index contributed by atoms with van der Waals surface area (Å²) in [5.74, 6) is -0.356. The van der Waals surface area contributed by atoms with Gasteiger partial charge in [-0.25, -0.2) is 9.37 Å². The van der Waals surface area contributed by atoms with Crippen LogP contribution in [0.25, 0.3) is 10.6 Å². The van der Waals surface area contributed by atoms with Gasteiger partial charge in [0.15, 0.2) is 0 Å². The number of nitrogens with zero attached hydrogens (tertiary/aromatic N) is 1. The zero-order valence-electron chi connectivity index (χ0n) is 10.3. The van der Waals surface area contributed by atoms with E-state index in [0.717, 1.165) is 16.3 Å². The molecule has 2 heterocycles. The van der Waals surface area contributed by atoms with E-state index < -0.39 is 0 Å². The van der Waals surface area contributed by atoms with E-state index in [1.165, 1.54) is 6.07 Å². The van der Waals surface area contributed by atoms with Crippen molar-refractivity contribution in [3.8, 4) is 10.6 Å². The maximum Gasteiger partial charge on any atom is 0.147 e. The highest BCUT2D eigenvalue weighted by Crippen LogP contribution is 2.26. The second kappa shape index (κ2) is 5.91. The zero-order chi connectivity index (χ0) is 13.9. The average Bonchev–Trinajstić information content (AvgIpc) is 3.08. The molecule has 0 saturated carbocycles. The molecule has 0 fully saturated rings. The number of rotatable bonds is 4. The second-order valence-electron chi connectivity index (χ2n) is 4.13. The Hall–Kier alpha value is -1.43. The van der Waals surface area contributed by atoms with Crippen molar-refractivity contribution in [2.24, 2.45) is 0 Å². The van der Waals surface area contributed by atoms with E-state index in [9.17, 15) is 4.39 Å². The van der Waals surface area contributed by atoms with Crippen molar-refractivity contribution in [3.05, 3.63) is 56.9 Å². The smallest absolute Gasteiger partial charge is 0.147 e. The van der Waals surface area contributed by atoms with Crippen LogP contribution in [0.3, 0.4) is 0 Å². The van der Waals surface area contributed by atoms with Gasteiger partial charge >= 0.3 is 0 Å². The van der Waals surface area contributed by atoms with Gasteiger partial charge in [0, 0.05) is 21.3 Å². The third-order valence-corrected chi connectivity index (χ3v) is 4.57. The number of anilines is 1. The second-order valence-corrected chi connectivity index (χ2v) is 6.21. The summed E-state index contributed by atoms with van der Waals surface area (Å²) in [6, 6.07) is 6.62. The SMILES string of the molecule is Fc1cc(Cl)ccc1NCc1csc(-c2ccsc2)n1. The molecule has 0 bridgehead atoms. The Kier molecular flexibility index (Phi) is 4.00. The Balaban J connectivity index is 1.70. The van der Waals surface area contributed by atoms with Crippen molar-refractivity contribution in [1.82, 2.24) is 4.98 Å². The molecule has 0 unspecified atom stereocenters. The fourth-order valence-corrected chi connectivity index (χ4v) is 3.42. The molecule has 3 aromatic rings. The Morgan fingerprint density at radius 3 is 2.90 bits per heavy atom. The summed E-state index contributed by atoms with van der Waals surface area (Å²) in [6.45, 7) is 0.485. The molecule has 0 aliphatic heterocycles. The van der Waals surface area contributed by atoms with Crippen LogP contribution in [0.2, 0.25) is 5.02 Å². The molecule has 6 heteroatoms. The molecular formula is C14H10ClFN2S2. The summed E-state index contributed by atoms with van der Waals surface area (Å²) in [5.41, 5.74) is 2.45. The van der Waals surface area contributed by atoms with Gasteiger partial charge < -0.3 is 5.32 Å². The molecule has 0 aliphatic carbocycles. The van der Waals surface area contributed by atoms with Gasteiger partial charge in [0.25, 0.3) is 0 Å². The first-order valence-electron chi connectivity index (χ1n) is 5.88. The molecule has 0 spiro atoms. The van der Waals surface area contributed by atoms with E-state index in [1.807, 2.05) is 16.8 Å². The van der Waals surface area contributed by atoms with Crippen molar-refractivity contribution in [2.75, 3.05) is 5.32 Å². The Bertz CT molecular complexity index is 710. The maximum absolute atomic E-state index is 13.6. The predicted molar refractivity (Wildman–Crippen MR) is 84.2 cm³/mol. The molecule has 0 saturated heterocycles. The third kappa shape index (κ3) is 3.00. The van der Waals surface area contributed by atoms with E-state index in [2.05, 4.69) is 15.7 Å². The summed E-state index contributed by atoms with van der Waals surface area (Å²) in [5, 5.41) is 10.5. The highest BCUT2D eigenvalue weighted by atomic mass is 35.5. The molecule has 1 N–H and O–H groups in total. The van der Waals surface area contributed by atoms with Crippen LogP contribution >= 0.6 is 34.3 Å². The van der Waals surface area contributed by atoms with E-state index >= 15 is 0 Å². The fourth-order valence-electron chi connectivity index (χ4n) is 1.73. The van der Waals surface area contributed by atoms with Crippen LogP contribution in [-0.2, 0) is 6.54 Å². The molecule has 0 atom stereocenters. The summed E-state index contributed by atoms with van der Waals surface area (Å²) in [4.78, 5) is 4.53. The largest absolute Gasteiger partial charge is 0.377 e. The van der Waals surface area contributed by atoms with Crippen LogP contribution in [0.15, 0.2) is 40.4 Å². The summed E-state index contributed by atoms with van der Waals surface area (Å²) < 4.78 is 13.6. The number of benzene rings is 1. The van der Waals surface area contributed by atoms with Crippen LogP contribution < -0.4 is 5.32 Å².